The minimum absolute atomic E-state index is 0.0375. The first-order valence-electron chi connectivity index (χ1n) is 30.3. The SMILES string of the molecule is CC=CCC(C)C1OC(C)C2C(=O)N(C)C1C(=O)NC(CC)C(=O)N(C)C(C)C(=O)N(C)C(C(C)CO)C(=O)NC(C(C)C)C(=O)N(C)C(CC(C)C)C(=O)NC(C)C(=O)NC(C)C(=O)N(C)C(CC(C)C)C(=O)N(C)C(CC(C)C)C(=O)N2C. The van der Waals surface area contributed by atoms with E-state index in [1.165, 1.54) is 102 Å². The van der Waals surface area contributed by atoms with Crippen LogP contribution in [0.25, 0.3) is 0 Å². The number of aliphatic hydroxyl groups is 1. The van der Waals surface area contributed by atoms with Crippen molar-refractivity contribution < 1.29 is 62.6 Å². The molecule has 24 nitrogen and oxygen atoms in total. The summed E-state index contributed by atoms with van der Waals surface area (Å²) >= 11 is 0. The molecule has 2 heterocycles. The molecule has 2 saturated heterocycles. The fourth-order valence-corrected chi connectivity index (χ4v) is 11.2. The molecule has 2 aliphatic heterocycles. The molecule has 11 amide bonds. The number of nitrogens with one attached hydrogen (secondary N) is 4. The molecular weight excluding hydrogens is 1090 g/mol. The Morgan fingerprint density at radius 3 is 1.44 bits per heavy atom. The van der Waals surface area contributed by atoms with Gasteiger partial charge in [-0.25, -0.2) is 0 Å². The molecule has 2 fully saturated rings. The zero-order valence-corrected chi connectivity index (χ0v) is 55.3. The number of carbonyl (C=O) groups excluding carboxylic acids is 11. The van der Waals surface area contributed by atoms with Crippen LogP contribution in [0.4, 0.5) is 0 Å². The van der Waals surface area contributed by atoms with E-state index in [1.54, 1.807) is 27.7 Å². The number of aliphatic hydroxyl groups excluding tert-OH is 1. The van der Waals surface area contributed by atoms with E-state index in [2.05, 4.69) is 21.3 Å². The summed E-state index contributed by atoms with van der Waals surface area (Å²) in [4.78, 5) is 169. The molecule has 24 heteroatoms. The van der Waals surface area contributed by atoms with Gasteiger partial charge in [0.1, 0.15) is 66.5 Å². The summed E-state index contributed by atoms with van der Waals surface area (Å²) in [5.74, 6) is -9.89. The van der Waals surface area contributed by atoms with E-state index >= 15 is 9.59 Å². The van der Waals surface area contributed by atoms with Crippen LogP contribution in [0.15, 0.2) is 12.2 Å². The third kappa shape index (κ3) is 18.9. The number of amides is 11. The molecule has 15 unspecified atom stereocenters. The lowest BCUT2D eigenvalue weighted by Gasteiger charge is -2.39. The zero-order chi connectivity index (χ0) is 65.6. The van der Waals surface area contributed by atoms with Gasteiger partial charge in [0, 0.05) is 61.9 Å². The van der Waals surface area contributed by atoms with Crippen molar-refractivity contribution >= 4 is 65.0 Å². The van der Waals surface area contributed by atoms with E-state index in [1.807, 2.05) is 67.5 Å². The van der Waals surface area contributed by atoms with Crippen molar-refractivity contribution in [1.29, 1.82) is 0 Å². The molecule has 484 valence electrons. The highest BCUT2D eigenvalue weighted by atomic mass is 16.5. The number of allylic oxidation sites excluding steroid dienone is 2. The Balaban J connectivity index is 2.99. The van der Waals surface area contributed by atoms with Gasteiger partial charge in [-0.3, -0.25) is 52.7 Å². The fourth-order valence-electron chi connectivity index (χ4n) is 11.2. The summed E-state index contributed by atoms with van der Waals surface area (Å²) in [7, 11) is 9.90. The van der Waals surface area contributed by atoms with Gasteiger partial charge in [-0.2, -0.15) is 0 Å². The third-order valence-corrected chi connectivity index (χ3v) is 16.8. The maximum atomic E-state index is 15.2. The van der Waals surface area contributed by atoms with Crippen molar-refractivity contribution in [2.24, 2.45) is 35.5 Å². The molecule has 0 radical (unpaired) electrons. The summed E-state index contributed by atoms with van der Waals surface area (Å²) in [6.07, 6.45) is 2.62. The Bertz CT molecular complexity index is 2380. The Labute approximate surface area is 506 Å². The van der Waals surface area contributed by atoms with Gasteiger partial charge in [-0.15, -0.1) is 0 Å². The highest BCUT2D eigenvalue weighted by Gasteiger charge is 2.50. The highest BCUT2D eigenvalue weighted by molar-refractivity contribution is 6.00. The van der Waals surface area contributed by atoms with E-state index in [0.29, 0.717) is 6.42 Å². The van der Waals surface area contributed by atoms with Gasteiger partial charge >= 0.3 is 0 Å². The number of carbonyl (C=O) groups is 11. The summed E-state index contributed by atoms with van der Waals surface area (Å²) in [6.45, 7) is 26.8. The Kier molecular flexibility index (Phi) is 29.2. The second-order valence-electron chi connectivity index (χ2n) is 25.5. The lowest BCUT2D eigenvalue weighted by Crippen LogP contribution is -2.62. The van der Waals surface area contributed by atoms with Crippen LogP contribution >= 0.6 is 0 Å². The van der Waals surface area contributed by atoms with E-state index in [4.69, 9.17) is 4.74 Å². The second-order valence-corrected chi connectivity index (χ2v) is 25.5. The Morgan fingerprint density at radius 1 is 0.482 bits per heavy atom. The van der Waals surface area contributed by atoms with Crippen molar-refractivity contribution in [3.8, 4) is 0 Å². The maximum Gasteiger partial charge on any atom is 0.248 e. The predicted octanol–water partition coefficient (Wildman–Crippen LogP) is 2.01. The van der Waals surface area contributed by atoms with Crippen molar-refractivity contribution in [3.63, 3.8) is 0 Å². The largest absolute Gasteiger partial charge is 0.396 e. The van der Waals surface area contributed by atoms with E-state index < -0.39 is 168 Å². The summed E-state index contributed by atoms with van der Waals surface area (Å²) in [5, 5.41) is 21.4. The van der Waals surface area contributed by atoms with Crippen LogP contribution in [0.1, 0.15) is 143 Å². The smallest absolute Gasteiger partial charge is 0.248 e. The molecule has 85 heavy (non-hydrogen) atoms. The topological polar surface area (TPSA) is 288 Å². The van der Waals surface area contributed by atoms with Crippen molar-refractivity contribution in [1.82, 2.24) is 55.6 Å². The fraction of sp³-hybridized carbons (Fsp3) is 0.787. The molecular formula is C61H107N11O13. The number of hydrogen-bond donors (Lipinski definition) is 5. The van der Waals surface area contributed by atoms with Crippen molar-refractivity contribution in [2.75, 3.05) is 55.9 Å². The number of fused-ring (bicyclic) bond motifs is 3. The zero-order valence-electron chi connectivity index (χ0n) is 55.3. The molecule has 5 N–H and O–H groups in total. The first-order valence-corrected chi connectivity index (χ1v) is 30.3. The first kappa shape index (κ1) is 74.9. The molecule has 0 aliphatic carbocycles. The van der Waals surface area contributed by atoms with Crippen LogP contribution in [-0.2, 0) is 57.5 Å². The molecule has 0 spiro atoms. The standard InChI is InChI=1S/C61H107N11O13/c1-24-26-27-36(11)50-49-54(77)64-42(25-2)57(80)66(17)40(15)56(79)70(21)47(37(12)31-73)53(76)65-46(35(9)10)60(83)67(18)43(28-32(3)4)52(75)62-38(13)51(74)63-39(14)55(78)68(19)44(29-33(5)6)58(81)69(20)45(30-34(7)8)59(82)71(22)48(41(16)85-50)61(84)72(49)23/h24,26,32-50,73H,25,27-31H2,1-23H3,(H,62,75)(H,63,74)(H,64,77)(H,65,76). The van der Waals surface area contributed by atoms with Gasteiger partial charge in [0.25, 0.3) is 0 Å². The summed E-state index contributed by atoms with van der Waals surface area (Å²) in [6, 6.07) is -13.8. The molecule has 2 bridgehead atoms. The minimum Gasteiger partial charge on any atom is -0.396 e. The molecule has 0 aromatic carbocycles. The van der Waals surface area contributed by atoms with Crippen LogP contribution in [0.3, 0.4) is 0 Å². The second kappa shape index (κ2) is 33.1. The van der Waals surface area contributed by atoms with Crippen molar-refractivity contribution in [2.45, 2.75) is 222 Å². The lowest BCUT2D eigenvalue weighted by atomic mass is 9.92. The third-order valence-electron chi connectivity index (χ3n) is 16.8. The molecule has 2 aliphatic rings. The molecule has 15 atom stereocenters. The molecule has 0 aromatic rings. The average molecular weight is 1200 g/mol. The van der Waals surface area contributed by atoms with Crippen LogP contribution in [-0.4, -0.2) is 239 Å². The number of nitrogens with zero attached hydrogens (tertiary/aromatic N) is 7. The number of rotatable bonds is 13. The summed E-state index contributed by atoms with van der Waals surface area (Å²) in [5.41, 5.74) is 0. The van der Waals surface area contributed by atoms with Crippen molar-refractivity contribution in [3.05, 3.63) is 12.2 Å². The van der Waals surface area contributed by atoms with E-state index in [-0.39, 0.29) is 43.4 Å². The van der Waals surface area contributed by atoms with Gasteiger partial charge in [-0.1, -0.05) is 88.3 Å². The molecule has 2 rings (SSSR count). The number of ether oxygens (including phenoxy) is 1. The van der Waals surface area contributed by atoms with Crippen LogP contribution in [0.2, 0.25) is 0 Å². The highest BCUT2D eigenvalue weighted by Crippen LogP contribution is 2.30. The monoisotopic (exact) mass is 1200 g/mol. The number of hydrogen-bond acceptors (Lipinski definition) is 13. The van der Waals surface area contributed by atoms with Gasteiger partial charge in [0.05, 0.1) is 12.2 Å². The first-order chi connectivity index (χ1) is 39.4. The maximum absolute atomic E-state index is 15.2. The average Bonchev–Trinajstić information content (AvgIpc) is 3.07. The quantitative estimate of drug-likeness (QED) is 0.165. The van der Waals surface area contributed by atoms with Crippen LogP contribution < -0.4 is 21.3 Å². The molecule has 0 saturated carbocycles. The van der Waals surface area contributed by atoms with Crippen LogP contribution in [0, 0.1) is 35.5 Å². The normalized spacial score (nSPS) is 30.0. The van der Waals surface area contributed by atoms with Crippen LogP contribution in [0.5, 0.6) is 0 Å². The summed E-state index contributed by atoms with van der Waals surface area (Å²) < 4.78 is 6.74. The minimum atomic E-state index is -1.39. The Morgan fingerprint density at radius 2 is 0.953 bits per heavy atom. The number of likely N-dealkylation sites (N-methyl/N-ethyl adjacent to an activating group) is 7. The van der Waals surface area contributed by atoms with Gasteiger partial charge < -0.3 is 65.4 Å². The van der Waals surface area contributed by atoms with Gasteiger partial charge in [0.2, 0.25) is 65.0 Å². The van der Waals surface area contributed by atoms with Gasteiger partial charge in [-0.05, 0) is 96.3 Å². The Hall–Kier alpha value is -6.17. The van der Waals surface area contributed by atoms with E-state index in [0.717, 1.165) is 9.80 Å². The predicted molar refractivity (Wildman–Crippen MR) is 323 cm³/mol. The van der Waals surface area contributed by atoms with E-state index in [9.17, 15) is 48.3 Å². The molecule has 0 aromatic heterocycles. The lowest BCUT2D eigenvalue weighted by molar-refractivity contribution is -0.155. The van der Waals surface area contributed by atoms with Gasteiger partial charge in [0.15, 0.2) is 0 Å².